The highest BCUT2D eigenvalue weighted by atomic mass is 35.5. The number of nitrogens with zero attached hydrogens (tertiary/aromatic N) is 3. The third kappa shape index (κ3) is 4.87. The molecule has 0 aliphatic heterocycles. The van der Waals surface area contributed by atoms with Crippen LogP contribution in [0.15, 0.2) is 58.1 Å². The van der Waals surface area contributed by atoms with Crippen LogP contribution >= 0.6 is 34.8 Å². The molecular weight excluding hydrogens is 577 g/mol. The van der Waals surface area contributed by atoms with E-state index in [1.807, 2.05) is 54.9 Å². The highest BCUT2D eigenvalue weighted by Gasteiger charge is 2.26. The number of carboxylic acids is 1. The molecule has 0 aliphatic rings. The van der Waals surface area contributed by atoms with Crippen molar-refractivity contribution in [3.8, 4) is 28.1 Å². The first kappa shape index (κ1) is 27.8. The van der Waals surface area contributed by atoms with Crippen LogP contribution in [0.3, 0.4) is 0 Å². The summed E-state index contributed by atoms with van der Waals surface area (Å²) >= 11 is 19.2. The van der Waals surface area contributed by atoms with Crippen molar-refractivity contribution < 1.29 is 19.2 Å². The molecule has 0 saturated carbocycles. The Morgan fingerprint density at radius 1 is 1.12 bits per heavy atom. The predicted octanol–water partition coefficient (Wildman–Crippen LogP) is 7.39. The van der Waals surface area contributed by atoms with Gasteiger partial charge in [-0.3, -0.25) is 4.79 Å². The zero-order chi connectivity index (χ0) is 28.9. The molecular formula is C29H24Cl3N3O5. The van der Waals surface area contributed by atoms with Crippen molar-refractivity contribution in [3.05, 3.63) is 91.6 Å². The summed E-state index contributed by atoms with van der Waals surface area (Å²) in [6, 6.07) is 11.4. The first-order valence-electron chi connectivity index (χ1n) is 12.2. The summed E-state index contributed by atoms with van der Waals surface area (Å²) in [4.78, 5) is 24.1. The number of fused-ring (bicyclic) bond motifs is 1. The minimum Gasteiger partial charge on any atom is -0.489 e. The second-order valence-electron chi connectivity index (χ2n) is 9.53. The number of halogens is 3. The summed E-state index contributed by atoms with van der Waals surface area (Å²) in [5, 5.41) is 13.9. The molecule has 1 atom stereocenters. The van der Waals surface area contributed by atoms with Gasteiger partial charge in [0, 0.05) is 43.0 Å². The number of alkyl halides is 1. The topological polar surface area (TPSA) is 99.5 Å². The number of pyridine rings is 1. The van der Waals surface area contributed by atoms with Crippen molar-refractivity contribution in [3.63, 3.8) is 0 Å². The van der Waals surface area contributed by atoms with Crippen LogP contribution in [0.4, 0.5) is 0 Å². The number of carboxylic acid groups (broad SMARTS) is 1. The van der Waals surface area contributed by atoms with Gasteiger partial charge in [-0.2, -0.15) is 0 Å². The first-order valence-corrected chi connectivity index (χ1v) is 13.4. The second kappa shape index (κ2) is 10.7. The van der Waals surface area contributed by atoms with Crippen molar-refractivity contribution >= 4 is 51.7 Å². The summed E-state index contributed by atoms with van der Waals surface area (Å²) in [6.45, 7) is 3.75. The molecule has 8 nitrogen and oxygen atoms in total. The van der Waals surface area contributed by atoms with Crippen molar-refractivity contribution in [1.29, 1.82) is 0 Å². The number of ether oxygens (including phenoxy) is 1. The van der Waals surface area contributed by atoms with Crippen LogP contribution < -0.4 is 10.3 Å². The van der Waals surface area contributed by atoms with Gasteiger partial charge in [-0.05, 0) is 48.7 Å². The molecule has 0 spiro atoms. The van der Waals surface area contributed by atoms with Gasteiger partial charge in [0.2, 0.25) is 0 Å². The zero-order valence-electron chi connectivity index (χ0n) is 22.0. The van der Waals surface area contributed by atoms with Gasteiger partial charge < -0.3 is 23.5 Å². The third-order valence-corrected chi connectivity index (χ3v) is 7.64. The molecule has 3 heterocycles. The Morgan fingerprint density at radius 2 is 1.88 bits per heavy atom. The van der Waals surface area contributed by atoms with Gasteiger partial charge in [0.15, 0.2) is 5.76 Å². The number of aromatic nitrogens is 3. The Balaban J connectivity index is 1.46. The van der Waals surface area contributed by atoms with Gasteiger partial charge in [-0.25, -0.2) is 4.79 Å². The number of hydrogen-bond donors (Lipinski definition) is 1. The van der Waals surface area contributed by atoms with E-state index < -0.39 is 16.9 Å². The molecule has 1 unspecified atom stereocenters. The maximum atomic E-state index is 12.5. The molecule has 0 fully saturated rings. The highest BCUT2D eigenvalue weighted by molar-refractivity contribution is 6.38. The van der Waals surface area contributed by atoms with E-state index in [9.17, 15) is 14.7 Å². The summed E-state index contributed by atoms with van der Waals surface area (Å²) in [6.07, 6.45) is 3.08. The second-order valence-corrected chi connectivity index (χ2v) is 11.0. The number of carbonyl (C=O) groups is 1. The van der Waals surface area contributed by atoms with Crippen LogP contribution in [-0.2, 0) is 20.7 Å². The van der Waals surface area contributed by atoms with Gasteiger partial charge in [-0.1, -0.05) is 46.6 Å². The predicted molar refractivity (Wildman–Crippen MR) is 156 cm³/mol. The number of rotatable bonds is 7. The average Bonchev–Trinajstić information content (AvgIpc) is 3.47. The molecule has 11 heteroatoms. The maximum Gasteiger partial charge on any atom is 0.337 e. The summed E-state index contributed by atoms with van der Waals surface area (Å²) < 4.78 is 14.7. The van der Waals surface area contributed by atoms with Crippen molar-refractivity contribution in [2.24, 2.45) is 14.1 Å². The quantitative estimate of drug-likeness (QED) is 0.196. The Labute approximate surface area is 244 Å². The van der Waals surface area contributed by atoms with Crippen molar-refractivity contribution in [2.75, 3.05) is 0 Å². The van der Waals surface area contributed by atoms with E-state index in [-0.39, 0.29) is 27.8 Å². The number of hydrogen-bond acceptors (Lipinski definition) is 5. The van der Waals surface area contributed by atoms with E-state index in [2.05, 4.69) is 5.16 Å². The minimum atomic E-state index is -0.960. The van der Waals surface area contributed by atoms with E-state index in [0.29, 0.717) is 28.2 Å². The molecule has 40 heavy (non-hydrogen) atoms. The van der Waals surface area contributed by atoms with Gasteiger partial charge >= 0.3 is 5.97 Å². The fourth-order valence-corrected chi connectivity index (χ4v) is 5.65. The highest BCUT2D eigenvalue weighted by Crippen LogP contribution is 2.38. The first-order chi connectivity index (χ1) is 19.0. The minimum absolute atomic E-state index is 0.0408. The van der Waals surface area contributed by atoms with Crippen LogP contribution in [0.2, 0.25) is 10.0 Å². The van der Waals surface area contributed by atoms with Crippen LogP contribution in [0, 0.1) is 6.92 Å². The van der Waals surface area contributed by atoms with Crippen LogP contribution in [0.1, 0.15) is 39.5 Å². The standard InChI is InChI=1S/C29H24Cl3N3O5/c1-14-9-17(6-8-18(14)16-5-7-19-20(29(37)38)11-34(3)23(19)10-16)39-13-21-26(33-40-27(21)15(2)30)24-22(31)12-35(4)28(36)25(24)32/h5-12,15H,13H2,1-4H3,(H,37,38). The molecule has 0 bridgehead atoms. The molecule has 5 rings (SSSR count). The van der Waals surface area contributed by atoms with E-state index in [1.165, 1.54) is 10.8 Å². The fraction of sp³-hybridized carbons (Fsp3) is 0.207. The lowest BCUT2D eigenvalue weighted by Gasteiger charge is -2.13. The SMILES string of the molecule is Cc1cc(OCc2c(-c3c(Cl)cn(C)c(=O)c3Cl)noc2C(C)Cl)ccc1-c1ccc2c(C(=O)O)cn(C)c2c1. The Bertz CT molecular complexity index is 1850. The molecule has 3 aromatic heterocycles. The average molecular weight is 601 g/mol. The summed E-state index contributed by atoms with van der Waals surface area (Å²) in [7, 11) is 3.38. The van der Waals surface area contributed by atoms with E-state index in [1.54, 1.807) is 20.2 Å². The van der Waals surface area contributed by atoms with E-state index in [4.69, 9.17) is 44.1 Å². The van der Waals surface area contributed by atoms with Gasteiger partial charge in [-0.15, -0.1) is 11.6 Å². The third-order valence-electron chi connectivity index (χ3n) is 6.80. The zero-order valence-corrected chi connectivity index (χ0v) is 24.2. The van der Waals surface area contributed by atoms with E-state index >= 15 is 0 Å². The fourth-order valence-electron chi connectivity index (χ4n) is 4.77. The smallest absolute Gasteiger partial charge is 0.337 e. The largest absolute Gasteiger partial charge is 0.489 e. The molecule has 2 aromatic carbocycles. The lowest BCUT2D eigenvalue weighted by molar-refractivity contribution is 0.0699. The number of aromatic carboxylic acids is 1. The van der Waals surface area contributed by atoms with Gasteiger partial charge in [0.05, 0.1) is 21.5 Å². The Kier molecular flexibility index (Phi) is 7.44. The lowest BCUT2D eigenvalue weighted by Crippen LogP contribution is -2.17. The van der Waals surface area contributed by atoms with Gasteiger partial charge in [0.25, 0.3) is 5.56 Å². The van der Waals surface area contributed by atoms with Crippen molar-refractivity contribution in [1.82, 2.24) is 14.3 Å². The summed E-state index contributed by atoms with van der Waals surface area (Å²) in [5.74, 6) is 0.0169. The monoisotopic (exact) mass is 599 g/mol. The number of aryl methyl sites for hydroxylation is 3. The molecule has 0 saturated heterocycles. The normalized spacial score (nSPS) is 12.2. The van der Waals surface area contributed by atoms with Gasteiger partial charge in [0.1, 0.15) is 23.1 Å². The van der Waals surface area contributed by atoms with Crippen LogP contribution in [0.25, 0.3) is 33.3 Å². The Morgan fingerprint density at radius 3 is 2.55 bits per heavy atom. The van der Waals surface area contributed by atoms with E-state index in [0.717, 1.165) is 22.2 Å². The maximum absolute atomic E-state index is 12.5. The lowest BCUT2D eigenvalue weighted by atomic mass is 9.99. The van der Waals surface area contributed by atoms with Crippen LogP contribution in [-0.4, -0.2) is 25.4 Å². The van der Waals surface area contributed by atoms with Crippen molar-refractivity contribution in [2.45, 2.75) is 25.8 Å². The molecule has 0 radical (unpaired) electrons. The molecule has 1 N–H and O–H groups in total. The molecule has 5 aromatic rings. The molecule has 206 valence electrons. The van der Waals surface area contributed by atoms with Crippen LogP contribution in [0.5, 0.6) is 5.75 Å². The summed E-state index contributed by atoms with van der Waals surface area (Å²) in [5.41, 5.74) is 4.63. The molecule has 0 aliphatic carbocycles. The molecule has 0 amide bonds. The number of benzene rings is 2. The Hall–Kier alpha value is -3.72.